The van der Waals surface area contributed by atoms with Crippen molar-refractivity contribution >= 4 is 0 Å². The van der Waals surface area contributed by atoms with Crippen LogP contribution in [0.1, 0.15) is 20.3 Å². The largest absolute Gasteiger partial charge is 0.494 e. The fourth-order valence-electron chi connectivity index (χ4n) is 1.40. The molecule has 0 radical (unpaired) electrons. The predicted molar refractivity (Wildman–Crippen MR) is 66.2 cm³/mol. The molecule has 0 aromatic heterocycles. The smallest absolute Gasteiger partial charge is 0.119 e. The summed E-state index contributed by atoms with van der Waals surface area (Å²) in [5.41, 5.74) is 0. The standard InChI is InChI=1S/C13H21NO2/c1-4-11(14-3)10-16-13-8-6-12(7-9-13)15-5-2/h6-9,11,14H,4-5,10H2,1-3H3. The Kier molecular flexibility index (Phi) is 5.72. The zero-order valence-electron chi connectivity index (χ0n) is 10.3. The Hall–Kier alpha value is -1.22. The van der Waals surface area contributed by atoms with Gasteiger partial charge in [0.05, 0.1) is 6.61 Å². The summed E-state index contributed by atoms with van der Waals surface area (Å²) in [5, 5.41) is 3.20. The molecule has 1 aromatic carbocycles. The first-order valence-corrected chi connectivity index (χ1v) is 5.83. The van der Waals surface area contributed by atoms with Gasteiger partial charge < -0.3 is 14.8 Å². The van der Waals surface area contributed by atoms with E-state index in [1.807, 2.05) is 38.2 Å². The molecule has 0 heterocycles. The second-order valence-corrected chi connectivity index (χ2v) is 3.61. The van der Waals surface area contributed by atoms with Crippen LogP contribution < -0.4 is 14.8 Å². The van der Waals surface area contributed by atoms with Crippen molar-refractivity contribution in [1.82, 2.24) is 5.32 Å². The van der Waals surface area contributed by atoms with Gasteiger partial charge in [0.1, 0.15) is 18.1 Å². The number of likely N-dealkylation sites (N-methyl/N-ethyl adjacent to an activating group) is 1. The first kappa shape index (κ1) is 12.8. The lowest BCUT2D eigenvalue weighted by molar-refractivity contribution is 0.266. The molecule has 1 rings (SSSR count). The Morgan fingerprint density at radius 1 is 1.06 bits per heavy atom. The zero-order valence-corrected chi connectivity index (χ0v) is 10.3. The highest BCUT2D eigenvalue weighted by molar-refractivity contribution is 5.31. The van der Waals surface area contributed by atoms with Gasteiger partial charge in [-0.25, -0.2) is 0 Å². The Morgan fingerprint density at radius 2 is 1.62 bits per heavy atom. The quantitative estimate of drug-likeness (QED) is 0.770. The van der Waals surface area contributed by atoms with Crippen molar-refractivity contribution in [2.24, 2.45) is 0 Å². The molecule has 3 heteroatoms. The van der Waals surface area contributed by atoms with Gasteiger partial charge in [-0.3, -0.25) is 0 Å². The Balaban J connectivity index is 2.42. The van der Waals surface area contributed by atoms with Gasteiger partial charge in [0.15, 0.2) is 0 Å². The molecule has 1 N–H and O–H groups in total. The van der Waals surface area contributed by atoms with Crippen molar-refractivity contribution in [1.29, 1.82) is 0 Å². The number of nitrogens with one attached hydrogen (secondary N) is 1. The fourth-order valence-corrected chi connectivity index (χ4v) is 1.40. The van der Waals surface area contributed by atoms with Crippen molar-refractivity contribution in [2.45, 2.75) is 26.3 Å². The Labute approximate surface area is 97.8 Å². The highest BCUT2D eigenvalue weighted by Gasteiger charge is 2.03. The average molecular weight is 223 g/mol. The summed E-state index contributed by atoms with van der Waals surface area (Å²) in [6.45, 7) is 5.50. The van der Waals surface area contributed by atoms with Crippen LogP contribution in [-0.4, -0.2) is 26.3 Å². The molecule has 1 aromatic rings. The maximum atomic E-state index is 5.66. The van der Waals surface area contributed by atoms with Gasteiger partial charge in [0.2, 0.25) is 0 Å². The van der Waals surface area contributed by atoms with Crippen LogP contribution in [0.25, 0.3) is 0 Å². The lowest BCUT2D eigenvalue weighted by Gasteiger charge is -2.15. The molecule has 16 heavy (non-hydrogen) atoms. The van der Waals surface area contributed by atoms with Crippen molar-refractivity contribution in [3.05, 3.63) is 24.3 Å². The molecule has 0 spiro atoms. The van der Waals surface area contributed by atoms with Crippen molar-refractivity contribution in [3.8, 4) is 11.5 Å². The molecule has 0 saturated heterocycles. The highest BCUT2D eigenvalue weighted by Crippen LogP contribution is 2.17. The van der Waals surface area contributed by atoms with Gasteiger partial charge in [0.25, 0.3) is 0 Å². The van der Waals surface area contributed by atoms with Crippen molar-refractivity contribution in [3.63, 3.8) is 0 Å². The van der Waals surface area contributed by atoms with Gasteiger partial charge in [-0.2, -0.15) is 0 Å². The van der Waals surface area contributed by atoms with Gasteiger partial charge in [-0.05, 0) is 44.7 Å². The molecule has 0 aliphatic heterocycles. The highest BCUT2D eigenvalue weighted by atomic mass is 16.5. The third-order valence-electron chi connectivity index (χ3n) is 2.49. The summed E-state index contributed by atoms with van der Waals surface area (Å²) >= 11 is 0. The molecule has 0 aliphatic rings. The molecule has 1 unspecified atom stereocenters. The molecule has 0 aliphatic carbocycles. The van der Waals surface area contributed by atoms with E-state index in [2.05, 4.69) is 12.2 Å². The van der Waals surface area contributed by atoms with Gasteiger partial charge in [-0.1, -0.05) is 6.92 Å². The van der Waals surface area contributed by atoms with Crippen LogP contribution >= 0.6 is 0 Å². The molecule has 0 saturated carbocycles. The van der Waals surface area contributed by atoms with Gasteiger partial charge in [0, 0.05) is 6.04 Å². The topological polar surface area (TPSA) is 30.5 Å². The van der Waals surface area contributed by atoms with E-state index in [0.717, 1.165) is 17.9 Å². The summed E-state index contributed by atoms with van der Waals surface area (Å²) in [5.74, 6) is 1.77. The Morgan fingerprint density at radius 3 is 2.06 bits per heavy atom. The third kappa shape index (κ3) is 4.11. The minimum Gasteiger partial charge on any atom is -0.494 e. The van der Waals surface area contributed by atoms with E-state index in [9.17, 15) is 0 Å². The SMILES string of the molecule is CCOc1ccc(OCC(CC)NC)cc1. The van der Waals surface area contributed by atoms with Crippen LogP contribution in [0.5, 0.6) is 11.5 Å². The Bertz CT molecular complexity index is 280. The number of benzene rings is 1. The average Bonchev–Trinajstić information content (AvgIpc) is 2.33. The van der Waals surface area contributed by atoms with Crippen LogP contribution in [0.3, 0.4) is 0 Å². The number of rotatable bonds is 7. The summed E-state index contributed by atoms with van der Waals surface area (Å²) in [6, 6.07) is 8.14. The van der Waals surface area contributed by atoms with E-state index in [1.165, 1.54) is 0 Å². The summed E-state index contributed by atoms with van der Waals surface area (Å²) in [6.07, 6.45) is 1.06. The first-order chi connectivity index (χ1) is 7.80. The van der Waals surface area contributed by atoms with Crippen LogP contribution in [0.15, 0.2) is 24.3 Å². The third-order valence-corrected chi connectivity index (χ3v) is 2.49. The molecule has 1 atom stereocenters. The lowest BCUT2D eigenvalue weighted by Crippen LogP contribution is -2.30. The molecular weight excluding hydrogens is 202 g/mol. The second-order valence-electron chi connectivity index (χ2n) is 3.61. The molecule has 0 fully saturated rings. The maximum Gasteiger partial charge on any atom is 0.119 e. The molecule has 0 bridgehead atoms. The van der Waals surface area contributed by atoms with E-state index in [-0.39, 0.29) is 0 Å². The fraction of sp³-hybridized carbons (Fsp3) is 0.538. The van der Waals surface area contributed by atoms with Crippen LogP contribution in [0, 0.1) is 0 Å². The first-order valence-electron chi connectivity index (χ1n) is 5.83. The maximum absolute atomic E-state index is 5.66. The minimum absolute atomic E-state index is 0.409. The van der Waals surface area contributed by atoms with Crippen molar-refractivity contribution in [2.75, 3.05) is 20.3 Å². The number of hydrogen-bond donors (Lipinski definition) is 1. The summed E-state index contributed by atoms with van der Waals surface area (Å²) in [4.78, 5) is 0. The van der Waals surface area contributed by atoms with Gasteiger partial charge in [-0.15, -0.1) is 0 Å². The molecular formula is C13H21NO2. The van der Waals surface area contributed by atoms with Crippen LogP contribution in [-0.2, 0) is 0 Å². The van der Waals surface area contributed by atoms with Gasteiger partial charge >= 0.3 is 0 Å². The van der Waals surface area contributed by atoms with E-state index >= 15 is 0 Å². The summed E-state index contributed by atoms with van der Waals surface area (Å²) in [7, 11) is 1.95. The van der Waals surface area contributed by atoms with Crippen LogP contribution in [0.4, 0.5) is 0 Å². The van der Waals surface area contributed by atoms with Crippen LogP contribution in [0.2, 0.25) is 0 Å². The number of ether oxygens (including phenoxy) is 2. The lowest BCUT2D eigenvalue weighted by atomic mass is 10.2. The predicted octanol–water partition coefficient (Wildman–Crippen LogP) is 2.46. The second kappa shape index (κ2) is 7.12. The normalized spacial score (nSPS) is 12.2. The van der Waals surface area contributed by atoms with E-state index in [1.54, 1.807) is 0 Å². The number of hydrogen-bond acceptors (Lipinski definition) is 3. The molecule has 0 amide bonds. The zero-order chi connectivity index (χ0) is 11.8. The molecule has 3 nitrogen and oxygen atoms in total. The monoisotopic (exact) mass is 223 g/mol. The van der Waals surface area contributed by atoms with E-state index in [0.29, 0.717) is 19.3 Å². The van der Waals surface area contributed by atoms with E-state index < -0.39 is 0 Å². The minimum atomic E-state index is 0.409. The van der Waals surface area contributed by atoms with E-state index in [4.69, 9.17) is 9.47 Å². The molecule has 90 valence electrons. The van der Waals surface area contributed by atoms with Crippen molar-refractivity contribution < 1.29 is 9.47 Å². The summed E-state index contributed by atoms with van der Waals surface area (Å²) < 4.78 is 11.0.